The van der Waals surface area contributed by atoms with Crippen molar-refractivity contribution in [2.24, 2.45) is 0 Å². The fourth-order valence-corrected chi connectivity index (χ4v) is 0.587. The molecule has 1 aromatic heterocycles. The van der Waals surface area contributed by atoms with Crippen LogP contribution in [0.25, 0.3) is 0 Å². The third-order valence-electron chi connectivity index (χ3n) is 1.09. The van der Waals surface area contributed by atoms with Gasteiger partial charge in [-0.1, -0.05) is 0 Å². The molecule has 2 nitrogen and oxygen atoms in total. The van der Waals surface area contributed by atoms with Crippen LogP contribution in [0.1, 0.15) is 17.3 Å². The van der Waals surface area contributed by atoms with Gasteiger partial charge in [-0.3, -0.25) is 9.78 Å². The van der Waals surface area contributed by atoms with Gasteiger partial charge in [0.05, 0.1) is 0 Å². The fourth-order valence-electron chi connectivity index (χ4n) is 0.587. The number of hydrogen-bond donors (Lipinski definition) is 0. The Bertz CT molecular complexity index is 205. The molecule has 46 valence electrons. The normalized spacial score (nSPS) is 9.00. The van der Waals surface area contributed by atoms with E-state index < -0.39 is 0 Å². The number of aromatic nitrogens is 1. The predicted octanol–water partition coefficient (Wildman–Crippen LogP) is 1.28. The van der Waals surface area contributed by atoms with Crippen molar-refractivity contribution >= 4 is 5.78 Å². The van der Waals surface area contributed by atoms with Crippen molar-refractivity contribution in [2.75, 3.05) is 0 Å². The first-order valence-electron chi connectivity index (χ1n) is 2.71. The van der Waals surface area contributed by atoms with E-state index in [-0.39, 0.29) is 5.78 Å². The molecule has 0 aliphatic heterocycles. The van der Waals surface area contributed by atoms with Gasteiger partial charge in [0, 0.05) is 18.0 Å². The minimum absolute atomic E-state index is 0.0809. The molecule has 0 bridgehead atoms. The number of pyridine rings is 1. The van der Waals surface area contributed by atoms with Gasteiger partial charge in [0.25, 0.3) is 0 Å². The molecule has 0 N–H and O–H groups in total. The minimum Gasteiger partial charge on any atom is -0.295 e. The van der Waals surface area contributed by atoms with Crippen molar-refractivity contribution in [1.29, 1.82) is 0 Å². The van der Waals surface area contributed by atoms with Gasteiger partial charge in [-0.15, -0.1) is 0 Å². The molecule has 0 aliphatic rings. The Hall–Kier alpha value is -1.18. The molecule has 0 aliphatic carbocycles. The van der Waals surface area contributed by atoms with Gasteiger partial charge in [0.15, 0.2) is 5.78 Å². The van der Waals surface area contributed by atoms with Crippen LogP contribution in [0.15, 0.2) is 24.5 Å². The average Bonchev–Trinajstić information content (AvgIpc) is 1.90. The summed E-state index contributed by atoms with van der Waals surface area (Å²) in [7, 11) is 0. The van der Waals surface area contributed by atoms with Gasteiger partial charge in [0.2, 0.25) is 0 Å². The highest BCUT2D eigenvalue weighted by Crippen LogP contribution is 1.95. The van der Waals surface area contributed by atoms with E-state index in [4.69, 9.17) is 0 Å². The molecule has 0 saturated carbocycles. The SMILES string of the molecule is C[13C](=[17O])c1ccncc1. The number of ketones is 1. The maximum absolute atomic E-state index is 10.6. The van der Waals surface area contributed by atoms with E-state index in [0.717, 1.165) is 0 Å². The van der Waals surface area contributed by atoms with Gasteiger partial charge >= 0.3 is 0 Å². The van der Waals surface area contributed by atoms with Gasteiger partial charge < -0.3 is 0 Å². The van der Waals surface area contributed by atoms with Crippen LogP contribution < -0.4 is 0 Å². The molecule has 0 saturated heterocycles. The third-order valence-corrected chi connectivity index (χ3v) is 1.09. The fraction of sp³-hybridized carbons (Fsp3) is 0.143. The quantitative estimate of drug-likeness (QED) is 0.416. The summed E-state index contributed by atoms with van der Waals surface area (Å²) in [5.41, 5.74) is 0.713. The van der Waals surface area contributed by atoms with Crippen molar-refractivity contribution in [3.05, 3.63) is 30.1 Å². The minimum atomic E-state index is 0.0809. The molecule has 0 atom stereocenters. The van der Waals surface area contributed by atoms with Crippen LogP contribution >= 0.6 is 0 Å². The Morgan fingerprint density at radius 2 is 2.00 bits per heavy atom. The Balaban J connectivity index is 2.98. The molecular formula is C7H7NO. The molecule has 0 amide bonds. The standard InChI is InChI=1S/C7H7NO/c1-6(9)7-2-4-8-5-3-7/h2-5H,1H3/i6+1,9+1. The lowest BCUT2D eigenvalue weighted by atomic mass is 10.3. The van der Waals surface area contributed by atoms with E-state index in [0.29, 0.717) is 5.56 Å². The molecule has 2 heteroatoms. The maximum Gasteiger partial charge on any atom is 0.159 e. The van der Waals surface area contributed by atoms with Gasteiger partial charge in [-0.25, -0.2) is 0 Å². The molecule has 1 heterocycles. The first-order valence-corrected chi connectivity index (χ1v) is 2.71. The Morgan fingerprint density at radius 1 is 1.44 bits per heavy atom. The summed E-state index contributed by atoms with van der Waals surface area (Å²) in [6, 6.07) is 3.39. The maximum atomic E-state index is 10.6. The Morgan fingerprint density at radius 3 is 2.33 bits per heavy atom. The highest BCUT2D eigenvalue weighted by atomic mass is 17.1. The summed E-state index contributed by atoms with van der Waals surface area (Å²) < 4.78 is 0. The number of nitrogens with zero attached hydrogens (tertiary/aromatic N) is 1. The van der Waals surface area contributed by atoms with Gasteiger partial charge in [-0.2, -0.15) is 0 Å². The number of hydrogen-bond acceptors (Lipinski definition) is 2. The third kappa shape index (κ3) is 1.35. The smallest absolute Gasteiger partial charge is 0.159 e. The number of carbonyl (C=O) groups excluding carboxylic acids is 1. The molecule has 0 aromatic carbocycles. The van der Waals surface area contributed by atoms with Gasteiger partial charge in [-0.05, 0) is 19.1 Å². The summed E-state index contributed by atoms with van der Waals surface area (Å²) in [5, 5.41) is 0. The van der Waals surface area contributed by atoms with Crippen LogP contribution in [0.4, 0.5) is 0 Å². The zero-order valence-corrected chi connectivity index (χ0v) is 5.16. The first kappa shape index (κ1) is 5.95. The summed E-state index contributed by atoms with van der Waals surface area (Å²) in [5.74, 6) is 0.0809. The first-order chi connectivity index (χ1) is 4.30. The van der Waals surface area contributed by atoms with E-state index >= 15 is 0 Å². The molecule has 0 radical (unpaired) electrons. The van der Waals surface area contributed by atoms with Crippen LogP contribution in [0.2, 0.25) is 0 Å². The van der Waals surface area contributed by atoms with Crippen LogP contribution in [-0.4, -0.2) is 10.8 Å². The van der Waals surface area contributed by atoms with E-state index in [1.807, 2.05) is 0 Å². The van der Waals surface area contributed by atoms with Gasteiger partial charge in [0.1, 0.15) is 0 Å². The van der Waals surface area contributed by atoms with Crippen LogP contribution in [0.3, 0.4) is 0 Å². The van der Waals surface area contributed by atoms with Crippen molar-refractivity contribution in [3.63, 3.8) is 0 Å². The lowest BCUT2D eigenvalue weighted by molar-refractivity contribution is 0.101. The average molecular weight is 123 g/mol. The molecule has 0 fully saturated rings. The summed E-state index contributed by atoms with van der Waals surface area (Å²) in [6.07, 6.45) is 3.22. The van der Waals surface area contributed by atoms with E-state index in [1.165, 1.54) is 6.92 Å². The van der Waals surface area contributed by atoms with Crippen LogP contribution in [-0.2, 0) is 0 Å². The Labute approximate surface area is 53.5 Å². The number of rotatable bonds is 1. The van der Waals surface area contributed by atoms with E-state index in [1.54, 1.807) is 24.5 Å². The molecular weight excluding hydrogens is 116 g/mol. The number of Topliss-reactive ketones (excluding diaryl/α,β-unsaturated/α-hetero) is 1. The van der Waals surface area contributed by atoms with E-state index in [2.05, 4.69) is 4.98 Å². The highest BCUT2D eigenvalue weighted by Gasteiger charge is 1.93. The lowest BCUT2D eigenvalue weighted by Crippen LogP contribution is -1.89. The van der Waals surface area contributed by atoms with Crippen molar-refractivity contribution in [2.45, 2.75) is 6.92 Å². The van der Waals surface area contributed by atoms with Crippen molar-refractivity contribution in [1.82, 2.24) is 4.98 Å². The molecule has 0 unspecified atom stereocenters. The van der Waals surface area contributed by atoms with Crippen LogP contribution in [0.5, 0.6) is 0 Å². The second kappa shape index (κ2) is 2.40. The van der Waals surface area contributed by atoms with E-state index in [9.17, 15) is 4.79 Å². The van der Waals surface area contributed by atoms with Crippen molar-refractivity contribution < 1.29 is 4.79 Å². The highest BCUT2D eigenvalue weighted by molar-refractivity contribution is 5.93. The molecule has 1 rings (SSSR count). The zero-order chi connectivity index (χ0) is 6.69. The second-order valence-corrected chi connectivity index (χ2v) is 1.79. The Kier molecular flexibility index (Phi) is 1.58. The summed E-state index contributed by atoms with van der Waals surface area (Å²) >= 11 is 0. The summed E-state index contributed by atoms with van der Waals surface area (Å²) in [4.78, 5) is 14.4. The zero-order valence-electron chi connectivity index (χ0n) is 5.16. The predicted molar refractivity (Wildman–Crippen MR) is 34.2 cm³/mol. The number of carbonyl (C=O) groups is 1. The van der Waals surface area contributed by atoms with Crippen molar-refractivity contribution in [3.8, 4) is 0 Å². The monoisotopic (exact) mass is 123 g/mol. The molecule has 0 spiro atoms. The summed E-state index contributed by atoms with van der Waals surface area (Å²) in [6.45, 7) is 1.54. The molecule has 1 aromatic rings. The largest absolute Gasteiger partial charge is 0.295 e. The lowest BCUT2D eigenvalue weighted by Gasteiger charge is -1.88. The van der Waals surface area contributed by atoms with Crippen LogP contribution in [0, 0.1) is 0 Å². The topological polar surface area (TPSA) is 30.0 Å². The molecule has 9 heavy (non-hydrogen) atoms. The second-order valence-electron chi connectivity index (χ2n) is 1.79.